The van der Waals surface area contributed by atoms with Crippen LogP contribution in [0.25, 0.3) is 0 Å². The van der Waals surface area contributed by atoms with Gasteiger partial charge in [0.15, 0.2) is 6.04 Å². The molecule has 1 atom stereocenters. The van der Waals surface area contributed by atoms with Crippen molar-refractivity contribution in [3.05, 3.63) is 5.82 Å². The lowest BCUT2D eigenvalue weighted by molar-refractivity contribution is -0.141. The molecule has 1 aliphatic heterocycles. The van der Waals surface area contributed by atoms with Crippen molar-refractivity contribution >= 4 is 22.6 Å². The third kappa shape index (κ3) is 2.55. The Hall–Kier alpha value is -1.21. The zero-order valence-electron chi connectivity index (χ0n) is 9.79. The molecule has 1 aromatic rings. The molecule has 1 aliphatic rings. The summed E-state index contributed by atoms with van der Waals surface area (Å²) >= 11 is 1.25. The van der Waals surface area contributed by atoms with Crippen molar-refractivity contribution in [1.82, 2.24) is 9.36 Å². The van der Waals surface area contributed by atoms with E-state index in [1.807, 2.05) is 13.8 Å². The molecular formula is C10H15N3O3S. The Morgan fingerprint density at radius 3 is 3.00 bits per heavy atom. The Labute approximate surface area is 103 Å². The smallest absolute Gasteiger partial charge is 0.328 e. The van der Waals surface area contributed by atoms with Gasteiger partial charge >= 0.3 is 5.97 Å². The van der Waals surface area contributed by atoms with Gasteiger partial charge in [-0.2, -0.15) is 4.37 Å². The molecule has 0 radical (unpaired) electrons. The van der Waals surface area contributed by atoms with Gasteiger partial charge in [-0.05, 0) is 0 Å². The van der Waals surface area contributed by atoms with Gasteiger partial charge in [-0.25, -0.2) is 9.78 Å². The Balaban J connectivity index is 2.20. The summed E-state index contributed by atoms with van der Waals surface area (Å²) in [6, 6.07) is -0.656. The molecule has 7 heteroatoms. The molecule has 2 rings (SSSR count). The summed E-state index contributed by atoms with van der Waals surface area (Å²) in [5.41, 5.74) is 0. The number of rotatable bonds is 3. The second-order valence-electron chi connectivity index (χ2n) is 4.21. The van der Waals surface area contributed by atoms with Gasteiger partial charge in [0.25, 0.3) is 0 Å². The van der Waals surface area contributed by atoms with Crippen LogP contribution in [0, 0.1) is 0 Å². The second-order valence-corrected chi connectivity index (χ2v) is 4.94. The number of ether oxygens (including phenoxy) is 1. The number of carboxylic acids is 1. The number of aromatic nitrogens is 2. The standard InChI is InChI=1S/C10H15N3O3S/c1-6(2)8-11-10(17-12-8)13-3-4-16-5-7(13)9(14)15/h6-7H,3-5H2,1-2H3,(H,14,15). The number of nitrogens with zero attached hydrogens (tertiary/aromatic N) is 3. The molecule has 0 bridgehead atoms. The van der Waals surface area contributed by atoms with Crippen LogP contribution in [0.2, 0.25) is 0 Å². The minimum absolute atomic E-state index is 0.200. The molecule has 0 aromatic carbocycles. The van der Waals surface area contributed by atoms with Crippen LogP contribution in [0.5, 0.6) is 0 Å². The van der Waals surface area contributed by atoms with Crippen LogP contribution >= 0.6 is 11.5 Å². The van der Waals surface area contributed by atoms with E-state index in [4.69, 9.17) is 9.84 Å². The maximum atomic E-state index is 11.1. The van der Waals surface area contributed by atoms with E-state index in [-0.39, 0.29) is 12.5 Å². The fraction of sp³-hybridized carbons (Fsp3) is 0.700. The van der Waals surface area contributed by atoms with Gasteiger partial charge in [-0.3, -0.25) is 0 Å². The average molecular weight is 257 g/mol. The number of anilines is 1. The Morgan fingerprint density at radius 1 is 1.65 bits per heavy atom. The zero-order valence-corrected chi connectivity index (χ0v) is 10.6. The van der Waals surface area contributed by atoms with Crippen molar-refractivity contribution in [2.45, 2.75) is 25.8 Å². The van der Waals surface area contributed by atoms with Gasteiger partial charge in [0, 0.05) is 24.0 Å². The molecule has 0 saturated carbocycles. The molecule has 6 nitrogen and oxygen atoms in total. The van der Waals surface area contributed by atoms with Gasteiger partial charge in [-0.1, -0.05) is 13.8 Å². The van der Waals surface area contributed by atoms with E-state index in [9.17, 15) is 4.79 Å². The van der Waals surface area contributed by atoms with Gasteiger partial charge in [-0.15, -0.1) is 0 Å². The fourth-order valence-electron chi connectivity index (χ4n) is 1.61. The fourth-order valence-corrected chi connectivity index (χ4v) is 2.50. The Morgan fingerprint density at radius 2 is 2.41 bits per heavy atom. The quantitative estimate of drug-likeness (QED) is 0.869. The van der Waals surface area contributed by atoms with E-state index in [1.165, 1.54) is 11.5 Å². The number of carboxylic acid groups (broad SMARTS) is 1. The lowest BCUT2D eigenvalue weighted by Gasteiger charge is -2.32. The van der Waals surface area contributed by atoms with Crippen LogP contribution in [-0.2, 0) is 9.53 Å². The second kappa shape index (κ2) is 4.97. The summed E-state index contributed by atoms with van der Waals surface area (Å²) in [5.74, 6) is 0.135. The molecule has 1 fully saturated rings. The molecule has 0 aliphatic carbocycles. The van der Waals surface area contributed by atoms with Crippen LogP contribution in [0.1, 0.15) is 25.6 Å². The van der Waals surface area contributed by atoms with E-state index in [2.05, 4.69) is 9.36 Å². The third-order valence-corrected chi connectivity index (χ3v) is 3.37. The first-order valence-corrected chi connectivity index (χ1v) is 6.27. The van der Waals surface area contributed by atoms with E-state index in [0.717, 1.165) is 5.82 Å². The first-order valence-electron chi connectivity index (χ1n) is 5.50. The van der Waals surface area contributed by atoms with E-state index in [1.54, 1.807) is 4.90 Å². The number of hydrogen-bond donors (Lipinski definition) is 1. The van der Waals surface area contributed by atoms with Crippen molar-refractivity contribution in [1.29, 1.82) is 0 Å². The normalized spacial score (nSPS) is 20.9. The zero-order chi connectivity index (χ0) is 12.4. The molecule has 94 valence electrons. The minimum atomic E-state index is -0.883. The van der Waals surface area contributed by atoms with Crippen LogP contribution < -0.4 is 4.90 Å². The summed E-state index contributed by atoms with van der Waals surface area (Å²) in [6.45, 7) is 5.30. The highest BCUT2D eigenvalue weighted by Gasteiger charge is 2.31. The number of hydrogen-bond acceptors (Lipinski definition) is 6. The van der Waals surface area contributed by atoms with Crippen LogP contribution in [0.4, 0.5) is 5.13 Å². The maximum absolute atomic E-state index is 11.1. The van der Waals surface area contributed by atoms with Crippen molar-refractivity contribution in [2.75, 3.05) is 24.7 Å². The third-order valence-electron chi connectivity index (χ3n) is 2.61. The molecule has 1 unspecified atom stereocenters. The highest BCUT2D eigenvalue weighted by Crippen LogP contribution is 2.24. The summed E-state index contributed by atoms with van der Waals surface area (Å²) in [5, 5.41) is 9.79. The average Bonchev–Trinajstić information content (AvgIpc) is 2.78. The lowest BCUT2D eigenvalue weighted by atomic mass is 10.2. The SMILES string of the molecule is CC(C)c1nsc(N2CCOCC2C(=O)O)n1. The molecule has 0 amide bonds. The van der Waals surface area contributed by atoms with Crippen molar-refractivity contribution in [3.8, 4) is 0 Å². The topological polar surface area (TPSA) is 75.6 Å². The summed E-state index contributed by atoms with van der Waals surface area (Å²) in [4.78, 5) is 17.3. The molecule has 1 aromatic heterocycles. The van der Waals surface area contributed by atoms with Gasteiger partial charge in [0.05, 0.1) is 13.2 Å². The predicted octanol–water partition coefficient (Wildman–Crippen LogP) is 0.951. The van der Waals surface area contributed by atoms with Crippen LogP contribution in [0.3, 0.4) is 0 Å². The predicted molar refractivity (Wildman–Crippen MR) is 63.6 cm³/mol. The maximum Gasteiger partial charge on any atom is 0.328 e. The van der Waals surface area contributed by atoms with Gasteiger partial charge in [0.2, 0.25) is 5.13 Å². The van der Waals surface area contributed by atoms with Crippen molar-refractivity contribution in [2.24, 2.45) is 0 Å². The minimum Gasteiger partial charge on any atom is -0.480 e. The number of carbonyl (C=O) groups is 1. The highest BCUT2D eigenvalue weighted by atomic mass is 32.1. The lowest BCUT2D eigenvalue weighted by Crippen LogP contribution is -2.50. The van der Waals surface area contributed by atoms with Gasteiger partial charge in [0.1, 0.15) is 5.82 Å². The largest absolute Gasteiger partial charge is 0.480 e. The molecule has 1 N–H and O–H groups in total. The number of morpholine rings is 1. The van der Waals surface area contributed by atoms with Crippen molar-refractivity contribution < 1.29 is 14.6 Å². The molecular weight excluding hydrogens is 242 g/mol. The van der Waals surface area contributed by atoms with Crippen LogP contribution in [0.15, 0.2) is 0 Å². The van der Waals surface area contributed by atoms with E-state index < -0.39 is 12.0 Å². The summed E-state index contributed by atoms with van der Waals surface area (Å²) in [7, 11) is 0. The molecule has 17 heavy (non-hydrogen) atoms. The molecule has 1 saturated heterocycles. The Bertz CT molecular complexity index is 407. The molecule has 2 heterocycles. The van der Waals surface area contributed by atoms with Crippen LogP contribution in [-0.4, -0.2) is 46.2 Å². The summed E-state index contributed by atoms with van der Waals surface area (Å²) < 4.78 is 9.42. The molecule has 0 spiro atoms. The van der Waals surface area contributed by atoms with E-state index in [0.29, 0.717) is 18.3 Å². The first kappa shape index (κ1) is 12.3. The van der Waals surface area contributed by atoms with Crippen molar-refractivity contribution in [3.63, 3.8) is 0 Å². The van der Waals surface area contributed by atoms with Gasteiger partial charge < -0.3 is 14.7 Å². The Kier molecular flexibility index (Phi) is 3.58. The first-order chi connectivity index (χ1) is 8.09. The highest BCUT2D eigenvalue weighted by molar-refractivity contribution is 7.09. The summed E-state index contributed by atoms with van der Waals surface area (Å²) in [6.07, 6.45) is 0. The number of aliphatic carboxylic acids is 1. The monoisotopic (exact) mass is 257 g/mol. The van der Waals surface area contributed by atoms with E-state index >= 15 is 0 Å².